The van der Waals surface area contributed by atoms with Crippen molar-refractivity contribution in [2.75, 3.05) is 23.3 Å². The molecule has 2 aromatic rings. The quantitative estimate of drug-likeness (QED) is 0.862. The standard InChI is InChI=1S/C24H29N3O2/c1-17-11-13-26(14-12-17)16-19-7-9-21(10-8-19)25-24(29)23-15-20-5-3-4-6-22(20)27(23)18(2)28/h3-10,17,23H,11-16H2,1-2H3,(H,25,29)/t23-/m1/s1. The summed E-state index contributed by atoms with van der Waals surface area (Å²) in [7, 11) is 0. The van der Waals surface area contributed by atoms with Crippen molar-refractivity contribution in [3.05, 3.63) is 59.7 Å². The van der Waals surface area contributed by atoms with E-state index >= 15 is 0 Å². The molecule has 2 aliphatic rings. The van der Waals surface area contributed by atoms with E-state index in [1.165, 1.54) is 25.3 Å². The number of rotatable bonds is 4. The molecule has 0 unspecified atom stereocenters. The van der Waals surface area contributed by atoms with Gasteiger partial charge in [-0.2, -0.15) is 0 Å². The predicted molar refractivity (Wildman–Crippen MR) is 116 cm³/mol. The minimum atomic E-state index is -0.500. The maximum Gasteiger partial charge on any atom is 0.247 e. The van der Waals surface area contributed by atoms with Crippen molar-refractivity contribution >= 4 is 23.2 Å². The van der Waals surface area contributed by atoms with Gasteiger partial charge in [0.1, 0.15) is 6.04 Å². The molecule has 29 heavy (non-hydrogen) atoms. The Bertz CT molecular complexity index is 885. The molecule has 1 N–H and O–H groups in total. The Hall–Kier alpha value is -2.66. The van der Waals surface area contributed by atoms with Crippen LogP contribution in [0.15, 0.2) is 48.5 Å². The van der Waals surface area contributed by atoms with Crippen LogP contribution in [0.2, 0.25) is 0 Å². The van der Waals surface area contributed by atoms with E-state index < -0.39 is 6.04 Å². The van der Waals surface area contributed by atoms with Crippen LogP contribution in [-0.4, -0.2) is 35.8 Å². The lowest BCUT2D eigenvalue weighted by Crippen LogP contribution is -2.44. The number of anilines is 2. The molecule has 1 fully saturated rings. The monoisotopic (exact) mass is 391 g/mol. The van der Waals surface area contributed by atoms with Crippen LogP contribution >= 0.6 is 0 Å². The smallest absolute Gasteiger partial charge is 0.247 e. The van der Waals surface area contributed by atoms with E-state index in [1.807, 2.05) is 36.4 Å². The molecule has 0 bridgehead atoms. The maximum absolute atomic E-state index is 12.9. The molecule has 152 valence electrons. The van der Waals surface area contributed by atoms with Crippen LogP contribution in [0.25, 0.3) is 0 Å². The van der Waals surface area contributed by atoms with Crippen molar-refractivity contribution in [1.29, 1.82) is 0 Å². The van der Waals surface area contributed by atoms with Gasteiger partial charge < -0.3 is 5.32 Å². The van der Waals surface area contributed by atoms with Crippen LogP contribution in [0, 0.1) is 5.92 Å². The normalized spacial score (nSPS) is 19.8. The van der Waals surface area contributed by atoms with E-state index in [0.29, 0.717) is 6.42 Å². The Kier molecular flexibility index (Phi) is 5.67. The van der Waals surface area contributed by atoms with E-state index in [2.05, 4.69) is 29.3 Å². The van der Waals surface area contributed by atoms with Gasteiger partial charge in [-0.3, -0.25) is 19.4 Å². The molecule has 0 radical (unpaired) electrons. The number of hydrogen-bond acceptors (Lipinski definition) is 3. The first-order valence-corrected chi connectivity index (χ1v) is 10.5. The summed E-state index contributed by atoms with van der Waals surface area (Å²) in [5.74, 6) is 0.579. The highest BCUT2D eigenvalue weighted by atomic mass is 16.2. The Morgan fingerprint density at radius 3 is 2.41 bits per heavy atom. The average molecular weight is 392 g/mol. The van der Waals surface area contributed by atoms with Crippen LogP contribution in [0.4, 0.5) is 11.4 Å². The fraction of sp³-hybridized carbons (Fsp3) is 0.417. The van der Waals surface area contributed by atoms with Gasteiger partial charge in [0.15, 0.2) is 0 Å². The zero-order chi connectivity index (χ0) is 20.4. The molecule has 0 saturated carbocycles. The lowest BCUT2D eigenvalue weighted by molar-refractivity contribution is -0.122. The average Bonchev–Trinajstić information content (AvgIpc) is 3.11. The van der Waals surface area contributed by atoms with E-state index in [4.69, 9.17) is 0 Å². The maximum atomic E-state index is 12.9. The number of carbonyl (C=O) groups excluding carboxylic acids is 2. The minimum absolute atomic E-state index is 0.110. The molecule has 1 saturated heterocycles. The zero-order valence-electron chi connectivity index (χ0n) is 17.2. The summed E-state index contributed by atoms with van der Waals surface area (Å²) in [6.07, 6.45) is 3.09. The van der Waals surface area contributed by atoms with Crippen LogP contribution in [-0.2, 0) is 22.6 Å². The molecule has 1 atom stereocenters. The van der Waals surface area contributed by atoms with E-state index in [1.54, 1.807) is 4.90 Å². The van der Waals surface area contributed by atoms with Gasteiger partial charge in [-0.05, 0) is 61.2 Å². The summed E-state index contributed by atoms with van der Waals surface area (Å²) in [5.41, 5.74) is 3.90. The van der Waals surface area contributed by atoms with Gasteiger partial charge >= 0.3 is 0 Å². The summed E-state index contributed by atoms with van der Waals surface area (Å²) in [5, 5.41) is 2.99. The van der Waals surface area contributed by atoms with Crippen molar-refractivity contribution in [3.8, 4) is 0 Å². The second-order valence-corrected chi connectivity index (χ2v) is 8.38. The largest absolute Gasteiger partial charge is 0.324 e. The number of para-hydroxylation sites is 1. The van der Waals surface area contributed by atoms with Crippen LogP contribution in [0.3, 0.4) is 0 Å². The third-order valence-corrected chi connectivity index (χ3v) is 6.12. The molecule has 5 nitrogen and oxygen atoms in total. The number of carbonyl (C=O) groups is 2. The second-order valence-electron chi connectivity index (χ2n) is 8.38. The summed E-state index contributed by atoms with van der Waals surface area (Å²) in [6.45, 7) is 7.10. The first kappa shape index (κ1) is 19.6. The molecule has 2 aromatic carbocycles. The Morgan fingerprint density at radius 2 is 1.72 bits per heavy atom. The van der Waals surface area contributed by atoms with Crippen molar-refractivity contribution < 1.29 is 9.59 Å². The van der Waals surface area contributed by atoms with Gasteiger partial charge in [0, 0.05) is 31.3 Å². The lowest BCUT2D eigenvalue weighted by atomic mass is 9.99. The van der Waals surface area contributed by atoms with Crippen molar-refractivity contribution in [2.24, 2.45) is 5.92 Å². The van der Waals surface area contributed by atoms with Crippen molar-refractivity contribution in [1.82, 2.24) is 4.90 Å². The Morgan fingerprint density at radius 1 is 1.03 bits per heavy atom. The van der Waals surface area contributed by atoms with Crippen molar-refractivity contribution in [2.45, 2.75) is 45.7 Å². The molecular weight excluding hydrogens is 362 g/mol. The van der Waals surface area contributed by atoms with Gasteiger partial charge in [-0.1, -0.05) is 37.3 Å². The third-order valence-electron chi connectivity index (χ3n) is 6.12. The number of amides is 2. The van der Waals surface area contributed by atoms with Gasteiger partial charge in [0.25, 0.3) is 0 Å². The molecular formula is C24H29N3O2. The Balaban J connectivity index is 1.39. The van der Waals surface area contributed by atoms with E-state index in [9.17, 15) is 9.59 Å². The topological polar surface area (TPSA) is 52.7 Å². The number of hydrogen-bond donors (Lipinski definition) is 1. The van der Waals surface area contributed by atoms with Gasteiger partial charge in [0.05, 0.1) is 0 Å². The third kappa shape index (κ3) is 4.35. The lowest BCUT2D eigenvalue weighted by Gasteiger charge is -2.30. The fourth-order valence-electron chi connectivity index (χ4n) is 4.38. The first-order valence-electron chi connectivity index (χ1n) is 10.5. The summed E-state index contributed by atoms with van der Waals surface area (Å²) in [4.78, 5) is 29.2. The summed E-state index contributed by atoms with van der Waals surface area (Å²) >= 11 is 0. The van der Waals surface area contributed by atoms with Crippen LogP contribution < -0.4 is 10.2 Å². The number of likely N-dealkylation sites (tertiary alicyclic amines) is 1. The highest BCUT2D eigenvalue weighted by Gasteiger charge is 2.36. The SMILES string of the molecule is CC(=O)N1c2ccccc2C[C@@H]1C(=O)Nc1ccc(CN2CCC(C)CC2)cc1. The summed E-state index contributed by atoms with van der Waals surface area (Å²) < 4.78 is 0. The highest BCUT2D eigenvalue weighted by molar-refractivity contribution is 6.06. The molecule has 0 spiro atoms. The highest BCUT2D eigenvalue weighted by Crippen LogP contribution is 2.32. The van der Waals surface area contributed by atoms with Crippen LogP contribution in [0.5, 0.6) is 0 Å². The minimum Gasteiger partial charge on any atom is -0.324 e. The number of piperidine rings is 1. The Labute approximate surface area is 172 Å². The molecule has 2 heterocycles. The van der Waals surface area contributed by atoms with E-state index in [-0.39, 0.29) is 11.8 Å². The molecule has 5 heteroatoms. The predicted octanol–water partition coefficient (Wildman–Crippen LogP) is 3.83. The van der Waals surface area contributed by atoms with Gasteiger partial charge in [0.2, 0.25) is 11.8 Å². The molecule has 4 rings (SSSR count). The van der Waals surface area contributed by atoms with Gasteiger partial charge in [-0.25, -0.2) is 0 Å². The number of nitrogens with zero attached hydrogens (tertiary/aromatic N) is 2. The molecule has 2 amide bonds. The van der Waals surface area contributed by atoms with Crippen molar-refractivity contribution in [3.63, 3.8) is 0 Å². The molecule has 2 aliphatic heterocycles. The molecule has 0 aliphatic carbocycles. The van der Waals surface area contributed by atoms with E-state index in [0.717, 1.165) is 42.5 Å². The zero-order valence-corrected chi connectivity index (χ0v) is 17.2. The number of fused-ring (bicyclic) bond motifs is 1. The fourth-order valence-corrected chi connectivity index (χ4v) is 4.38. The number of benzene rings is 2. The first-order chi connectivity index (χ1) is 14.0. The van der Waals surface area contributed by atoms with Crippen LogP contribution in [0.1, 0.15) is 37.8 Å². The summed E-state index contributed by atoms with van der Waals surface area (Å²) in [6, 6.07) is 15.3. The van der Waals surface area contributed by atoms with Gasteiger partial charge in [-0.15, -0.1) is 0 Å². The number of nitrogens with one attached hydrogen (secondary N) is 1. The molecule has 0 aromatic heterocycles. The second kappa shape index (κ2) is 8.37.